The van der Waals surface area contributed by atoms with Crippen molar-refractivity contribution in [1.29, 1.82) is 0 Å². The summed E-state index contributed by atoms with van der Waals surface area (Å²) in [5, 5.41) is 7.92. The fourth-order valence-corrected chi connectivity index (χ4v) is 3.00. The molecule has 0 unspecified atom stereocenters. The van der Waals surface area contributed by atoms with E-state index in [9.17, 15) is 13.2 Å². The number of nitrogens with zero attached hydrogens (tertiary/aromatic N) is 6. The summed E-state index contributed by atoms with van der Waals surface area (Å²) >= 11 is 0.815. The maximum atomic E-state index is 13.3. The molecule has 28 heavy (non-hydrogen) atoms. The van der Waals surface area contributed by atoms with Gasteiger partial charge in [0.05, 0.1) is 6.26 Å². The van der Waals surface area contributed by atoms with Crippen LogP contribution in [0.15, 0.2) is 63.5 Å². The summed E-state index contributed by atoms with van der Waals surface area (Å²) in [5.74, 6) is 6.38. The van der Waals surface area contributed by atoms with Gasteiger partial charge >= 0.3 is 6.18 Å². The molecule has 4 aromatic heterocycles. The van der Waals surface area contributed by atoms with Gasteiger partial charge in [-0.2, -0.15) is 13.2 Å². The van der Waals surface area contributed by atoms with E-state index >= 15 is 0 Å². The van der Waals surface area contributed by atoms with Crippen molar-refractivity contribution < 1.29 is 17.6 Å². The molecular formula is C16H10F3N7OS. The molecule has 0 aromatic carbocycles. The fraction of sp³-hybridized carbons (Fsp3) is 0.0625. The van der Waals surface area contributed by atoms with Crippen LogP contribution in [-0.2, 0) is 6.18 Å². The molecule has 8 nitrogen and oxygen atoms in total. The van der Waals surface area contributed by atoms with Crippen LogP contribution in [0.5, 0.6) is 0 Å². The van der Waals surface area contributed by atoms with Crippen LogP contribution in [0.2, 0.25) is 0 Å². The Labute approximate surface area is 159 Å². The lowest BCUT2D eigenvalue weighted by molar-refractivity contribution is -0.141. The minimum atomic E-state index is -4.66. The zero-order valence-corrected chi connectivity index (χ0v) is 14.6. The Hall–Kier alpha value is -3.41. The van der Waals surface area contributed by atoms with Gasteiger partial charge in [-0.15, -0.1) is 10.2 Å². The monoisotopic (exact) mass is 405 g/mol. The van der Waals surface area contributed by atoms with E-state index in [0.29, 0.717) is 5.76 Å². The van der Waals surface area contributed by atoms with Gasteiger partial charge in [0.25, 0.3) is 0 Å². The van der Waals surface area contributed by atoms with Crippen LogP contribution >= 0.6 is 11.8 Å². The van der Waals surface area contributed by atoms with Crippen LogP contribution in [0.1, 0.15) is 5.69 Å². The Morgan fingerprint density at radius 3 is 2.61 bits per heavy atom. The summed E-state index contributed by atoms with van der Waals surface area (Å²) in [6.07, 6.45) is -1.77. The number of aromatic nitrogens is 6. The molecule has 0 saturated carbocycles. The molecular weight excluding hydrogens is 395 g/mol. The molecule has 4 rings (SSSR count). The summed E-state index contributed by atoms with van der Waals surface area (Å²) < 4.78 is 46.2. The number of rotatable bonds is 4. The normalized spacial score (nSPS) is 11.7. The summed E-state index contributed by atoms with van der Waals surface area (Å²) in [4.78, 5) is 11.7. The second-order valence-electron chi connectivity index (χ2n) is 5.38. The van der Waals surface area contributed by atoms with E-state index < -0.39 is 11.9 Å². The summed E-state index contributed by atoms with van der Waals surface area (Å²) in [6.45, 7) is 0. The van der Waals surface area contributed by atoms with Gasteiger partial charge in [-0.3, -0.25) is 4.98 Å². The van der Waals surface area contributed by atoms with Crippen LogP contribution in [0.25, 0.3) is 23.1 Å². The maximum Gasteiger partial charge on any atom is 0.433 e. The summed E-state index contributed by atoms with van der Waals surface area (Å²) in [6, 6.07) is 8.89. The fourth-order valence-electron chi connectivity index (χ4n) is 2.25. The van der Waals surface area contributed by atoms with Gasteiger partial charge in [-0.05, 0) is 36.0 Å². The Bertz CT molecular complexity index is 1100. The molecule has 2 N–H and O–H groups in total. The molecule has 0 fully saturated rings. The molecule has 0 aliphatic carbocycles. The van der Waals surface area contributed by atoms with Gasteiger partial charge in [0.1, 0.15) is 16.4 Å². The molecule has 0 atom stereocenters. The number of alkyl halides is 3. The van der Waals surface area contributed by atoms with E-state index in [0.717, 1.165) is 22.5 Å². The van der Waals surface area contributed by atoms with Crippen molar-refractivity contribution in [2.75, 3.05) is 5.84 Å². The Kier molecular flexibility index (Phi) is 4.47. The van der Waals surface area contributed by atoms with Crippen LogP contribution in [-0.4, -0.2) is 29.8 Å². The van der Waals surface area contributed by atoms with Gasteiger partial charge in [-0.1, -0.05) is 6.07 Å². The van der Waals surface area contributed by atoms with Crippen LogP contribution in [0, 0.1) is 0 Å². The summed E-state index contributed by atoms with van der Waals surface area (Å²) in [5.41, 5.74) is -0.888. The molecule has 0 amide bonds. The van der Waals surface area contributed by atoms with E-state index in [2.05, 4.69) is 25.1 Å². The highest BCUT2D eigenvalue weighted by Crippen LogP contribution is 2.34. The van der Waals surface area contributed by atoms with Gasteiger partial charge in [-0.25, -0.2) is 14.6 Å². The Morgan fingerprint density at radius 1 is 1.07 bits per heavy atom. The molecule has 12 heteroatoms. The zero-order valence-electron chi connectivity index (χ0n) is 13.8. The van der Waals surface area contributed by atoms with Crippen molar-refractivity contribution in [3.05, 3.63) is 54.6 Å². The molecule has 0 aliphatic rings. The van der Waals surface area contributed by atoms with Crippen molar-refractivity contribution in [1.82, 2.24) is 29.8 Å². The molecule has 0 spiro atoms. The first-order valence-electron chi connectivity index (χ1n) is 7.72. The van der Waals surface area contributed by atoms with Crippen LogP contribution < -0.4 is 5.84 Å². The Balaban J connectivity index is 1.74. The SMILES string of the molecule is Nn1c(Sc2cc(C(F)(F)F)nc(-c3ccccn3)n2)nnc1-c1ccco1. The van der Waals surface area contributed by atoms with Crippen molar-refractivity contribution in [2.24, 2.45) is 0 Å². The molecule has 4 aromatic rings. The standard InChI is InChI=1S/C16H10F3N7OS/c17-16(18,19)11-8-12(23-13(22-11)9-4-1-2-6-21-9)28-15-25-24-14(26(15)20)10-5-3-7-27-10/h1-8H,20H2. The lowest BCUT2D eigenvalue weighted by Gasteiger charge is -2.10. The van der Waals surface area contributed by atoms with Crippen molar-refractivity contribution in [3.8, 4) is 23.1 Å². The predicted octanol–water partition coefficient (Wildman–Crippen LogP) is 3.27. The highest BCUT2D eigenvalue weighted by molar-refractivity contribution is 7.99. The van der Waals surface area contributed by atoms with Crippen LogP contribution in [0.3, 0.4) is 0 Å². The topological polar surface area (TPSA) is 109 Å². The van der Waals surface area contributed by atoms with Gasteiger partial charge in [0, 0.05) is 12.3 Å². The zero-order chi connectivity index (χ0) is 19.7. The highest BCUT2D eigenvalue weighted by atomic mass is 32.2. The Morgan fingerprint density at radius 2 is 1.93 bits per heavy atom. The molecule has 0 bridgehead atoms. The number of nitrogen functional groups attached to an aromatic ring is 1. The average molecular weight is 405 g/mol. The first-order chi connectivity index (χ1) is 13.4. The molecule has 0 radical (unpaired) electrons. The summed E-state index contributed by atoms with van der Waals surface area (Å²) in [7, 11) is 0. The third kappa shape index (κ3) is 3.53. The lowest BCUT2D eigenvalue weighted by atomic mass is 10.3. The number of halogens is 3. The first kappa shape index (κ1) is 18.0. The van der Waals surface area contributed by atoms with E-state index in [1.165, 1.54) is 18.5 Å². The minimum absolute atomic E-state index is 0.00641. The van der Waals surface area contributed by atoms with E-state index in [1.807, 2.05) is 0 Å². The number of pyridine rings is 1. The molecule has 4 heterocycles. The maximum absolute atomic E-state index is 13.3. The smallest absolute Gasteiger partial charge is 0.433 e. The van der Waals surface area contributed by atoms with E-state index in [-0.39, 0.29) is 27.5 Å². The van der Waals surface area contributed by atoms with Crippen molar-refractivity contribution >= 4 is 11.8 Å². The molecule has 0 saturated heterocycles. The third-order valence-corrected chi connectivity index (χ3v) is 4.37. The third-order valence-electron chi connectivity index (χ3n) is 3.49. The largest absolute Gasteiger partial charge is 0.461 e. The number of hydrogen-bond acceptors (Lipinski definition) is 8. The highest BCUT2D eigenvalue weighted by Gasteiger charge is 2.34. The van der Waals surface area contributed by atoms with E-state index in [4.69, 9.17) is 10.3 Å². The number of hydrogen-bond donors (Lipinski definition) is 1. The average Bonchev–Trinajstić information content (AvgIpc) is 3.32. The molecule has 0 aliphatic heterocycles. The predicted molar refractivity (Wildman–Crippen MR) is 92.3 cm³/mol. The van der Waals surface area contributed by atoms with Crippen LogP contribution in [0.4, 0.5) is 13.2 Å². The van der Waals surface area contributed by atoms with Crippen molar-refractivity contribution in [3.63, 3.8) is 0 Å². The first-order valence-corrected chi connectivity index (χ1v) is 8.53. The second-order valence-corrected chi connectivity index (χ2v) is 6.37. The minimum Gasteiger partial charge on any atom is -0.461 e. The molecule has 142 valence electrons. The van der Waals surface area contributed by atoms with Gasteiger partial charge in [0.2, 0.25) is 11.0 Å². The number of furan rings is 1. The number of nitrogens with two attached hydrogens (primary N) is 1. The van der Waals surface area contributed by atoms with Gasteiger partial charge < -0.3 is 10.3 Å². The quantitative estimate of drug-likeness (QED) is 0.407. The van der Waals surface area contributed by atoms with Gasteiger partial charge in [0.15, 0.2) is 11.6 Å². The second kappa shape index (κ2) is 6.96. The van der Waals surface area contributed by atoms with Crippen molar-refractivity contribution in [2.45, 2.75) is 16.4 Å². The van der Waals surface area contributed by atoms with E-state index in [1.54, 1.807) is 24.3 Å². The lowest BCUT2D eigenvalue weighted by Crippen LogP contribution is -2.12.